The normalized spacial score (nSPS) is 11.4. The van der Waals surface area contributed by atoms with Crippen LogP contribution in [-0.4, -0.2) is 11.5 Å². The molecule has 112 valence electrons. The standard InChI is InChI=1S/C17H28N2S/c1-5-6-7-10-17(3,4)12-19-15-9-8-13(2)11-14(15)16(18)20/h8-9,11,19H,5-7,10,12H2,1-4H3,(H2,18,20). The summed E-state index contributed by atoms with van der Waals surface area (Å²) < 4.78 is 0. The summed E-state index contributed by atoms with van der Waals surface area (Å²) in [5.74, 6) is 0. The van der Waals surface area contributed by atoms with Gasteiger partial charge in [-0.3, -0.25) is 0 Å². The molecule has 0 heterocycles. The van der Waals surface area contributed by atoms with E-state index in [1.807, 2.05) is 0 Å². The van der Waals surface area contributed by atoms with Gasteiger partial charge in [-0.25, -0.2) is 0 Å². The molecular formula is C17H28N2S. The van der Waals surface area contributed by atoms with Gasteiger partial charge in [-0.1, -0.05) is 63.9 Å². The van der Waals surface area contributed by atoms with E-state index in [4.69, 9.17) is 18.0 Å². The number of unbranched alkanes of at least 4 members (excludes halogenated alkanes) is 2. The van der Waals surface area contributed by atoms with Crippen molar-refractivity contribution < 1.29 is 0 Å². The molecule has 0 aromatic heterocycles. The summed E-state index contributed by atoms with van der Waals surface area (Å²) in [5, 5.41) is 3.52. The first kappa shape index (κ1) is 17.0. The minimum Gasteiger partial charge on any atom is -0.389 e. The van der Waals surface area contributed by atoms with Gasteiger partial charge in [0.25, 0.3) is 0 Å². The SMILES string of the molecule is CCCCCC(C)(C)CNc1ccc(C)cc1C(N)=S. The molecule has 0 fully saturated rings. The van der Waals surface area contributed by atoms with E-state index in [2.05, 4.69) is 51.2 Å². The lowest BCUT2D eigenvalue weighted by Crippen LogP contribution is -2.24. The van der Waals surface area contributed by atoms with E-state index in [0.29, 0.717) is 4.99 Å². The van der Waals surface area contributed by atoms with Crippen LogP contribution in [0, 0.1) is 12.3 Å². The van der Waals surface area contributed by atoms with E-state index in [0.717, 1.165) is 17.8 Å². The summed E-state index contributed by atoms with van der Waals surface area (Å²) >= 11 is 5.14. The Morgan fingerprint density at radius 2 is 2.00 bits per heavy atom. The Hall–Kier alpha value is -1.09. The first-order chi connectivity index (χ1) is 9.35. The van der Waals surface area contributed by atoms with Crippen LogP contribution < -0.4 is 11.1 Å². The zero-order chi connectivity index (χ0) is 15.2. The second-order valence-corrected chi connectivity index (χ2v) is 6.83. The molecule has 0 atom stereocenters. The molecule has 0 aliphatic rings. The molecule has 0 amide bonds. The van der Waals surface area contributed by atoms with Crippen LogP contribution in [0.3, 0.4) is 0 Å². The fourth-order valence-electron chi connectivity index (χ4n) is 2.29. The van der Waals surface area contributed by atoms with Crippen molar-refractivity contribution in [2.75, 3.05) is 11.9 Å². The van der Waals surface area contributed by atoms with Crippen molar-refractivity contribution in [1.29, 1.82) is 0 Å². The molecule has 1 rings (SSSR count). The molecule has 0 spiro atoms. The highest BCUT2D eigenvalue weighted by Gasteiger charge is 2.17. The topological polar surface area (TPSA) is 38.0 Å². The van der Waals surface area contributed by atoms with Crippen molar-refractivity contribution >= 4 is 22.9 Å². The van der Waals surface area contributed by atoms with Gasteiger partial charge in [0.2, 0.25) is 0 Å². The second kappa shape index (κ2) is 7.63. The number of benzene rings is 1. The van der Waals surface area contributed by atoms with Crippen LogP contribution in [0.4, 0.5) is 5.69 Å². The smallest absolute Gasteiger partial charge is 0.106 e. The lowest BCUT2D eigenvalue weighted by atomic mass is 9.86. The van der Waals surface area contributed by atoms with E-state index in [9.17, 15) is 0 Å². The number of hydrogen-bond donors (Lipinski definition) is 2. The predicted molar refractivity (Wildman–Crippen MR) is 93.5 cm³/mol. The molecule has 3 N–H and O–H groups in total. The average molecular weight is 292 g/mol. The van der Waals surface area contributed by atoms with Gasteiger partial charge in [0.05, 0.1) is 0 Å². The number of thiocarbonyl (C=S) groups is 1. The van der Waals surface area contributed by atoms with Crippen LogP contribution in [0.2, 0.25) is 0 Å². The summed E-state index contributed by atoms with van der Waals surface area (Å²) in [4.78, 5) is 0.458. The molecule has 0 aliphatic heterocycles. The van der Waals surface area contributed by atoms with Gasteiger partial charge in [-0.2, -0.15) is 0 Å². The summed E-state index contributed by atoms with van der Waals surface area (Å²) in [5.41, 5.74) is 9.28. The number of aryl methyl sites for hydroxylation is 1. The second-order valence-electron chi connectivity index (χ2n) is 6.39. The van der Waals surface area contributed by atoms with Crippen LogP contribution in [-0.2, 0) is 0 Å². The third-order valence-corrected chi connectivity index (χ3v) is 3.87. The summed E-state index contributed by atoms with van der Waals surface area (Å²) in [7, 11) is 0. The van der Waals surface area contributed by atoms with E-state index in [1.54, 1.807) is 0 Å². The lowest BCUT2D eigenvalue weighted by molar-refractivity contribution is 0.342. The van der Waals surface area contributed by atoms with Crippen molar-refractivity contribution in [3.63, 3.8) is 0 Å². The molecule has 0 saturated carbocycles. The van der Waals surface area contributed by atoms with Gasteiger partial charge in [0.15, 0.2) is 0 Å². The van der Waals surface area contributed by atoms with Crippen LogP contribution >= 0.6 is 12.2 Å². The maximum atomic E-state index is 5.81. The number of hydrogen-bond acceptors (Lipinski definition) is 2. The minimum absolute atomic E-state index is 0.285. The van der Waals surface area contributed by atoms with Gasteiger partial charge in [-0.05, 0) is 30.9 Å². The molecule has 0 unspecified atom stereocenters. The number of anilines is 1. The number of nitrogens with one attached hydrogen (secondary N) is 1. The van der Waals surface area contributed by atoms with Crippen molar-refractivity contribution in [2.24, 2.45) is 11.1 Å². The highest BCUT2D eigenvalue weighted by Crippen LogP contribution is 2.26. The quantitative estimate of drug-likeness (QED) is 0.541. The zero-order valence-electron chi connectivity index (χ0n) is 13.3. The van der Waals surface area contributed by atoms with Crippen molar-refractivity contribution in [3.8, 4) is 0 Å². The Labute approximate surface area is 129 Å². The first-order valence-corrected chi connectivity index (χ1v) is 7.91. The molecule has 0 bridgehead atoms. The molecule has 3 heteroatoms. The van der Waals surface area contributed by atoms with E-state index < -0.39 is 0 Å². The Morgan fingerprint density at radius 1 is 1.30 bits per heavy atom. The predicted octanol–water partition coefficient (Wildman–Crippen LogP) is 4.65. The fraction of sp³-hybridized carbons (Fsp3) is 0.588. The molecule has 0 saturated heterocycles. The van der Waals surface area contributed by atoms with E-state index in [-0.39, 0.29) is 5.41 Å². The summed E-state index contributed by atoms with van der Waals surface area (Å²) in [6.45, 7) is 9.86. The number of rotatable bonds is 8. The zero-order valence-corrected chi connectivity index (χ0v) is 14.1. The maximum absolute atomic E-state index is 5.81. The summed E-state index contributed by atoms with van der Waals surface area (Å²) in [6, 6.07) is 6.22. The highest BCUT2D eigenvalue weighted by molar-refractivity contribution is 7.80. The largest absolute Gasteiger partial charge is 0.389 e. The van der Waals surface area contributed by atoms with Gasteiger partial charge >= 0.3 is 0 Å². The third kappa shape index (κ3) is 5.49. The molecule has 1 aromatic carbocycles. The van der Waals surface area contributed by atoms with Crippen LogP contribution in [0.15, 0.2) is 18.2 Å². The van der Waals surface area contributed by atoms with Gasteiger partial charge < -0.3 is 11.1 Å². The Bertz CT molecular complexity index is 452. The van der Waals surface area contributed by atoms with Gasteiger partial charge in [-0.15, -0.1) is 0 Å². The van der Waals surface area contributed by atoms with Crippen LogP contribution in [0.25, 0.3) is 0 Å². The molecule has 20 heavy (non-hydrogen) atoms. The van der Waals surface area contributed by atoms with Crippen LogP contribution in [0.5, 0.6) is 0 Å². The fourth-order valence-corrected chi connectivity index (χ4v) is 2.46. The third-order valence-electron chi connectivity index (χ3n) is 3.66. The molecule has 0 radical (unpaired) electrons. The Balaban J connectivity index is 2.67. The monoisotopic (exact) mass is 292 g/mol. The average Bonchev–Trinajstić information content (AvgIpc) is 2.37. The van der Waals surface area contributed by atoms with Gasteiger partial charge in [0.1, 0.15) is 4.99 Å². The Kier molecular flexibility index (Phi) is 6.47. The van der Waals surface area contributed by atoms with E-state index in [1.165, 1.54) is 31.2 Å². The lowest BCUT2D eigenvalue weighted by Gasteiger charge is -2.26. The Morgan fingerprint density at radius 3 is 2.60 bits per heavy atom. The van der Waals surface area contributed by atoms with Gasteiger partial charge in [0, 0.05) is 17.8 Å². The molecule has 1 aromatic rings. The molecule has 0 aliphatic carbocycles. The molecule has 2 nitrogen and oxygen atoms in total. The minimum atomic E-state index is 0.285. The first-order valence-electron chi connectivity index (χ1n) is 7.50. The molecular weight excluding hydrogens is 264 g/mol. The van der Waals surface area contributed by atoms with E-state index >= 15 is 0 Å². The van der Waals surface area contributed by atoms with Crippen molar-refractivity contribution in [1.82, 2.24) is 0 Å². The maximum Gasteiger partial charge on any atom is 0.106 e. The van der Waals surface area contributed by atoms with Crippen molar-refractivity contribution in [2.45, 2.75) is 53.4 Å². The summed E-state index contributed by atoms with van der Waals surface area (Å²) in [6.07, 6.45) is 5.11. The number of nitrogens with two attached hydrogens (primary N) is 1. The highest BCUT2D eigenvalue weighted by atomic mass is 32.1. The van der Waals surface area contributed by atoms with Crippen molar-refractivity contribution in [3.05, 3.63) is 29.3 Å². The van der Waals surface area contributed by atoms with Crippen LogP contribution in [0.1, 0.15) is 57.6 Å².